The zero-order valence-corrected chi connectivity index (χ0v) is 29.2. The van der Waals surface area contributed by atoms with Gasteiger partial charge in [-0.15, -0.1) is 0 Å². The van der Waals surface area contributed by atoms with E-state index in [2.05, 4.69) is 170 Å². The first kappa shape index (κ1) is 40.1. The third-order valence-corrected chi connectivity index (χ3v) is 5.75. The van der Waals surface area contributed by atoms with Gasteiger partial charge in [0.05, 0.1) is 0 Å². The average Bonchev–Trinajstić information content (AvgIpc) is 2.84. The first-order valence-electron chi connectivity index (χ1n) is 16.2. The lowest BCUT2D eigenvalue weighted by molar-refractivity contribution is 0.469. The molecule has 0 aliphatic rings. The fraction of sp³-hybridized carbons (Fsp3) is 0.600. The molecule has 0 nitrogen and oxygen atoms in total. The minimum absolute atomic E-state index is 0.723. The summed E-state index contributed by atoms with van der Waals surface area (Å²) in [5.41, 5.74) is 2.91. The van der Waals surface area contributed by atoms with Crippen LogP contribution in [-0.2, 0) is 12.8 Å². The molecule has 0 spiro atoms. The maximum absolute atomic E-state index is 2.27. The lowest BCUT2D eigenvalue weighted by Crippen LogP contribution is -1.94. The van der Waals surface area contributed by atoms with Crippen molar-refractivity contribution >= 4 is 10.8 Å². The Balaban J connectivity index is 0. The van der Waals surface area contributed by atoms with Crippen molar-refractivity contribution in [3.63, 3.8) is 0 Å². The fourth-order valence-electron chi connectivity index (χ4n) is 3.94. The van der Waals surface area contributed by atoms with Crippen LogP contribution in [0.3, 0.4) is 0 Å². The number of fused-ring (bicyclic) bond motifs is 1. The lowest BCUT2D eigenvalue weighted by Gasteiger charge is -2.08. The minimum atomic E-state index is 0.723. The molecule has 0 atom stereocenters. The smallest absolute Gasteiger partial charge is 0.0152 e. The third-order valence-electron chi connectivity index (χ3n) is 5.75. The second kappa shape index (κ2) is 24.7. The summed E-state index contributed by atoms with van der Waals surface area (Å²) < 4.78 is 0. The standard InChI is InChI=1S/C14H16.C10H14.C7H16.C5H12.C4H10/c1-11(2)10-13-8-5-7-12-6-3-4-9-14(12)13;1-9(2)8-10-6-4-3-5-7-10;1-6(2)5-7(3)4;1-4-5(2)3;1-4(2)3/h3-9,11H,10H2,1-2H3;3-7,9H,8H2,1-2H3;6-7H,5H2,1-4H3;5H,4H2,1-3H3;4H,1-3H3. The first-order chi connectivity index (χ1) is 18.7. The molecule has 0 heterocycles. The van der Waals surface area contributed by atoms with Gasteiger partial charge in [-0.2, -0.15) is 0 Å². The van der Waals surface area contributed by atoms with Crippen LogP contribution < -0.4 is 0 Å². The molecule has 0 saturated carbocycles. The summed E-state index contributed by atoms with van der Waals surface area (Å²) in [7, 11) is 0. The molecule has 40 heavy (non-hydrogen) atoms. The van der Waals surface area contributed by atoms with E-state index in [4.69, 9.17) is 0 Å². The molecule has 0 heteroatoms. The van der Waals surface area contributed by atoms with Crippen molar-refractivity contribution < 1.29 is 0 Å². The van der Waals surface area contributed by atoms with Gasteiger partial charge in [-0.05, 0) is 76.7 Å². The van der Waals surface area contributed by atoms with Gasteiger partial charge in [0.15, 0.2) is 0 Å². The van der Waals surface area contributed by atoms with Gasteiger partial charge in [0, 0.05) is 0 Å². The Morgan fingerprint density at radius 2 is 0.875 bits per heavy atom. The third kappa shape index (κ3) is 26.2. The maximum Gasteiger partial charge on any atom is -0.0152 e. The van der Waals surface area contributed by atoms with E-state index in [1.54, 1.807) is 0 Å². The van der Waals surface area contributed by atoms with E-state index in [1.165, 1.54) is 47.6 Å². The highest BCUT2D eigenvalue weighted by Crippen LogP contribution is 2.20. The molecular weight excluding hydrogens is 480 g/mol. The molecule has 0 N–H and O–H groups in total. The molecule has 0 aliphatic heterocycles. The van der Waals surface area contributed by atoms with Crippen LogP contribution in [0.15, 0.2) is 72.8 Å². The summed E-state index contributed by atoms with van der Waals surface area (Å²) in [6.45, 7) is 31.2. The van der Waals surface area contributed by atoms with Crippen LogP contribution in [0.2, 0.25) is 0 Å². The molecule has 3 aromatic carbocycles. The molecule has 0 aromatic heterocycles. The summed E-state index contributed by atoms with van der Waals surface area (Å²) >= 11 is 0. The molecule has 0 bridgehead atoms. The van der Waals surface area contributed by atoms with Gasteiger partial charge in [-0.25, -0.2) is 0 Å². The van der Waals surface area contributed by atoms with Gasteiger partial charge in [0.1, 0.15) is 0 Å². The highest BCUT2D eigenvalue weighted by molar-refractivity contribution is 5.85. The van der Waals surface area contributed by atoms with E-state index >= 15 is 0 Å². The first-order valence-corrected chi connectivity index (χ1v) is 16.2. The summed E-state index contributed by atoms with van der Waals surface area (Å²) in [4.78, 5) is 0. The maximum atomic E-state index is 2.27. The van der Waals surface area contributed by atoms with Crippen LogP contribution in [-0.4, -0.2) is 0 Å². The van der Waals surface area contributed by atoms with Crippen molar-refractivity contribution in [2.45, 2.75) is 123 Å². The largest absolute Gasteiger partial charge is 0.0651 e. The Labute approximate surface area is 252 Å². The molecule has 3 rings (SSSR count). The van der Waals surface area contributed by atoms with E-state index in [0.29, 0.717) is 0 Å². The molecule has 0 fully saturated rings. The Kier molecular flexibility index (Phi) is 24.7. The van der Waals surface area contributed by atoms with Crippen LogP contribution >= 0.6 is 0 Å². The van der Waals surface area contributed by atoms with Crippen LogP contribution in [0.1, 0.15) is 121 Å². The van der Waals surface area contributed by atoms with E-state index < -0.39 is 0 Å². The quantitative estimate of drug-likeness (QED) is 0.275. The highest BCUT2D eigenvalue weighted by atomic mass is 14.1. The highest BCUT2D eigenvalue weighted by Gasteiger charge is 2.02. The normalized spacial score (nSPS) is 10.5. The van der Waals surface area contributed by atoms with Crippen LogP contribution in [0.25, 0.3) is 10.8 Å². The minimum Gasteiger partial charge on any atom is -0.0651 e. The van der Waals surface area contributed by atoms with Crippen molar-refractivity contribution in [1.29, 1.82) is 0 Å². The predicted octanol–water partition coefficient (Wildman–Crippen LogP) is 13.3. The molecule has 0 saturated heterocycles. The Bertz CT molecular complexity index is 914. The van der Waals surface area contributed by atoms with Crippen LogP contribution in [0, 0.1) is 35.5 Å². The van der Waals surface area contributed by atoms with E-state index in [9.17, 15) is 0 Å². The second-order valence-electron chi connectivity index (χ2n) is 13.9. The van der Waals surface area contributed by atoms with Crippen molar-refractivity contribution in [3.8, 4) is 0 Å². The summed E-state index contributed by atoms with van der Waals surface area (Å²) in [5.74, 6) is 4.96. The zero-order chi connectivity index (χ0) is 31.1. The summed E-state index contributed by atoms with van der Waals surface area (Å²) in [6, 6.07) is 25.8. The van der Waals surface area contributed by atoms with Gasteiger partial charge in [0.2, 0.25) is 0 Å². The summed E-state index contributed by atoms with van der Waals surface area (Å²) in [5, 5.41) is 2.76. The number of rotatable bonds is 7. The van der Waals surface area contributed by atoms with Crippen LogP contribution in [0.5, 0.6) is 0 Å². The van der Waals surface area contributed by atoms with Gasteiger partial charge in [-0.1, -0.05) is 176 Å². The van der Waals surface area contributed by atoms with Gasteiger partial charge in [0.25, 0.3) is 0 Å². The molecular formula is C40H68. The SMILES string of the molecule is CC(C)C.CC(C)CC(C)C.CC(C)Cc1cccc2ccccc12.CC(C)Cc1ccccc1.CCC(C)C. The Morgan fingerprint density at radius 1 is 0.450 bits per heavy atom. The van der Waals surface area contributed by atoms with E-state index in [1.807, 2.05) is 0 Å². The second-order valence-corrected chi connectivity index (χ2v) is 13.9. The predicted molar refractivity (Wildman–Crippen MR) is 187 cm³/mol. The van der Waals surface area contributed by atoms with Gasteiger partial charge < -0.3 is 0 Å². The summed E-state index contributed by atoms with van der Waals surface area (Å²) in [6.07, 6.45) is 5.03. The van der Waals surface area contributed by atoms with Crippen molar-refractivity contribution in [3.05, 3.63) is 83.9 Å². The van der Waals surface area contributed by atoms with E-state index in [-0.39, 0.29) is 0 Å². The molecule has 0 aliphatic carbocycles. The molecule has 0 unspecified atom stereocenters. The Morgan fingerprint density at radius 3 is 1.27 bits per heavy atom. The number of hydrogen-bond acceptors (Lipinski definition) is 0. The average molecular weight is 549 g/mol. The molecule has 0 amide bonds. The molecule has 3 aromatic rings. The fourth-order valence-corrected chi connectivity index (χ4v) is 3.94. The topological polar surface area (TPSA) is 0 Å². The van der Waals surface area contributed by atoms with Crippen molar-refractivity contribution in [2.24, 2.45) is 35.5 Å². The molecule has 228 valence electrons. The lowest BCUT2D eigenvalue weighted by atomic mass is 9.97. The van der Waals surface area contributed by atoms with Crippen molar-refractivity contribution in [2.75, 3.05) is 0 Å². The van der Waals surface area contributed by atoms with Gasteiger partial charge in [-0.3, -0.25) is 0 Å². The number of benzene rings is 3. The van der Waals surface area contributed by atoms with Crippen molar-refractivity contribution in [1.82, 2.24) is 0 Å². The zero-order valence-electron chi connectivity index (χ0n) is 29.2. The monoisotopic (exact) mass is 549 g/mol. The molecule has 0 radical (unpaired) electrons. The Hall–Kier alpha value is -2.08. The number of hydrogen-bond donors (Lipinski definition) is 0. The van der Waals surface area contributed by atoms with E-state index in [0.717, 1.165) is 35.5 Å². The van der Waals surface area contributed by atoms with Gasteiger partial charge >= 0.3 is 0 Å². The van der Waals surface area contributed by atoms with Crippen LogP contribution in [0.4, 0.5) is 0 Å².